The SMILES string of the molecule is Cc1cccc(C(=O)OCCc2ccsc2)c1N. The maximum absolute atomic E-state index is 11.8. The molecule has 0 radical (unpaired) electrons. The molecule has 0 aliphatic heterocycles. The Bertz CT molecular complexity index is 535. The second kappa shape index (κ2) is 5.69. The summed E-state index contributed by atoms with van der Waals surface area (Å²) in [5.74, 6) is -0.355. The molecule has 3 nitrogen and oxygen atoms in total. The summed E-state index contributed by atoms with van der Waals surface area (Å²) in [4.78, 5) is 11.8. The number of rotatable bonds is 4. The Morgan fingerprint density at radius 1 is 1.39 bits per heavy atom. The third-order valence-electron chi connectivity index (χ3n) is 2.75. The number of anilines is 1. The summed E-state index contributed by atoms with van der Waals surface area (Å²) < 4.78 is 5.22. The summed E-state index contributed by atoms with van der Waals surface area (Å²) in [5.41, 5.74) is 8.87. The van der Waals surface area contributed by atoms with Gasteiger partial charge in [0.05, 0.1) is 12.2 Å². The van der Waals surface area contributed by atoms with Gasteiger partial charge in [0.15, 0.2) is 0 Å². The Hall–Kier alpha value is -1.81. The maximum Gasteiger partial charge on any atom is 0.340 e. The number of hydrogen-bond donors (Lipinski definition) is 1. The van der Waals surface area contributed by atoms with Crippen molar-refractivity contribution in [3.63, 3.8) is 0 Å². The fourth-order valence-corrected chi connectivity index (χ4v) is 2.34. The largest absolute Gasteiger partial charge is 0.462 e. The molecule has 0 bridgehead atoms. The Kier molecular flexibility index (Phi) is 3.99. The van der Waals surface area contributed by atoms with Gasteiger partial charge in [-0.3, -0.25) is 0 Å². The molecule has 4 heteroatoms. The molecule has 2 N–H and O–H groups in total. The zero-order valence-corrected chi connectivity index (χ0v) is 11.0. The first-order valence-electron chi connectivity index (χ1n) is 5.72. The highest BCUT2D eigenvalue weighted by Crippen LogP contribution is 2.17. The minimum Gasteiger partial charge on any atom is -0.462 e. The molecule has 0 saturated heterocycles. The molecule has 2 aromatic rings. The molecule has 1 aromatic carbocycles. The fraction of sp³-hybridized carbons (Fsp3) is 0.214. The van der Waals surface area contributed by atoms with Gasteiger partial charge in [-0.15, -0.1) is 0 Å². The van der Waals surface area contributed by atoms with Crippen molar-refractivity contribution < 1.29 is 9.53 Å². The normalized spacial score (nSPS) is 10.3. The molecular formula is C14H15NO2S. The highest BCUT2D eigenvalue weighted by molar-refractivity contribution is 7.07. The van der Waals surface area contributed by atoms with Crippen LogP contribution in [0.2, 0.25) is 0 Å². The number of benzene rings is 1. The Morgan fingerprint density at radius 3 is 2.94 bits per heavy atom. The van der Waals surface area contributed by atoms with E-state index in [9.17, 15) is 4.79 Å². The predicted octanol–water partition coefficient (Wildman–Crippen LogP) is 3.04. The van der Waals surface area contributed by atoms with Crippen molar-refractivity contribution in [1.82, 2.24) is 0 Å². The lowest BCUT2D eigenvalue weighted by Crippen LogP contribution is -2.11. The van der Waals surface area contributed by atoms with Crippen molar-refractivity contribution in [2.75, 3.05) is 12.3 Å². The van der Waals surface area contributed by atoms with E-state index in [-0.39, 0.29) is 5.97 Å². The van der Waals surface area contributed by atoms with Crippen molar-refractivity contribution in [1.29, 1.82) is 0 Å². The minimum absolute atomic E-state index is 0.355. The van der Waals surface area contributed by atoms with Crippen molar-refractivity contribution >= 4 is 23.0 Å². The number of nitrogens with two attached hydrogens (primary N) is 1. The number of ether oxygens (including phenoxy) is 1. The lowest BCUT2D eigenvalue weighted by atomic mass is 10.1. The van der Waals surface area contributed by atoms with Gasteiger partial charge in [0.1, 0.15) is 0 Å². The van der Waals surface area contributed by atoms with Crippen LogP contribution in [0.4, 0.5) is 5.69 Å². The fourth-order valence-electron chi connectivity index (χ4n) is 1.63. The second-order valence-corrected chi connectivity index (χ2v) is 4.83. The van der Waals surface area contributed by atoms with Crippen LogP contribution in [0.25, 0.3) is 0 Å². The Balaban J connectivity index is 1.93. The van der Waals surface area contributed by atoms with Gasteiger partial charge < -0.3 is 10.5 Å². The lowest BCUT2D eigenvalue weighted by Gasteiger charge is -2.08. The van der Waals surface area contributed by atoms with E-state index in [0.29, 0.717) is 17.9 Å². The molecule has 0 atom stereocenters. The van der Waals surface area contributed by atoms with Crippen molar-refractivity contribution in [2.24, 2.45) is 0 Å². The van der Waals surface area contributed by atoms with Crippen LogP contribution >= 0.6 is 11.3 Å². The highest BCUT2D eigenvalue weighted by Gasteiger charge is 2.12. The van der Waals surface area contributed by atoms with E-state index in [4.69, 9.17) is 10.5 Å². The maximum atomic E-state index is 11.8. The molecular weight excluding hydrogens is 246 g/mol. The van der Waals surface area contributed by atoms with Gasteiger partial charge in [-0.05, 0) is 40.9 Å². The van der Waals surface area contributed by atoms with E-state index in [1.165, 1.54) is 5.56 Å². The number of carbonyl (C=O) groups is 1. The van der Waals surface area contributed by atoms with Crippen molar-refractivity contribution in [2.45, 2.75) is 13.3 Å². The second-order valence-electron chi connectivity index (χ2n) is 4.05. The molecule has 0 unspecified atom stereocenters. The first kappa shape index (κ1) is 12.6. The van der Waals surface area contributed by atoms with Crippen LogP contribution in [0.5, 0.6) is 0 Å². The number of hydrogen-bond acceptors (Lipinski definition) is 4. The summed E-state index contributed by atoms with van der Waals surface area (Å²) in [6.07, 6.45) is 0.737. The van der Waals surface area contributed by atoms with Gasteiger partial charge in [-0.25, -0.2) is 4.79 Å². The standard InChI is InChI=1S/C14H15NO2S/c1-10-3-2-4-12(13(10)15)14(16)17-7-5-11-6-8-18-9-11/h2-4,6,8-9H,5,7,15H2,1H3. The molecule has 0 aliphatic rings. The molecule has 18 heavy (non-hydrogen) atoms. The van der Waals surface area contributed by atoms with Crippen LogP contribution in [0.3, 0.4) is 0 Å². The highest BCUT2D eigenvalue weighted by atomic mass is 32.1. The van der Waals surface area contributed by atoms with Crippen LogP contribution in [0, 0.1) is 6.92 Å². The zero-order valence-electron chi connectivity index (χ0n) is 10.2. The number of nitrogen functional groups attached to an aromatic ring is 1. The molecule has 94 valence electrons. The van der Waals surface area contributed by atoms with Gasteiger partial charge in [-0.2, -0.15) is 11.3 Å². The van der Waals surface area contributed by atoms with Gasteiger partial charge in [0.25, 0.3) is 0 Å². The first-order chi connectivity index (χ1) is 8.68. The summed E-state index contributed by atoms with van der Waals surface area (Å²) in [7, 11) is 0. The molecule has 0 aliphatic carbocycles. The number of thiophene rings is 1. The monoisotopic (exact) mass is 261 g/mol. The summed E-state index contributed by atoms with van der Waals surface area (Å²) >= 11 is 1.64. The zero-order chi connectivity index (χ0) is 13.0. The van der Waals surface area contributed by atoms with Crippen LogP contribution in [0.15, 0.2) is 35.0 Å². The number of esters is 1. The van der Waals surface area contributed by atoms with Gasteiger partial charge in [0, 0.05) is 12.1 Å². The number of carbonyl (C=O) groups excluding carboxylic acids is 1. The quantitative estimate of drug-likeness (QED) is 0.680. The minimum atomic E-state index is -0.355. The Morgan fingerprint density at radius 2 is 2.22 bits per heavy atom. The van der Waals surface area contributed by atoms with Crippen LogP contribution in [-0.4, -0.2) is 12.6 Å². The molecule has 0 saturated carbocycles. The third-order valence-corrected chi connectivity index (χ3v) is 3.48. The molecule has 0 amide bonds. The van der Waals surface area contributed by atoms with Crippen LogP contribution in [0.1, 0.15) is 21.5 Å². The van der Waals surface area contributed by atoms with Gasteiger partial charge >= 0.3 is 5.97 Å². The Labute approximate surface area is 110 Å². The van der Waals surface area contributed by atoms with Crippen molar-refractivity contribution in [3.05, 3.63) is 51.7 Å². The summed E-state index contributed by atoms with van der Waals surface area (Å²) in [6, 6.07) is 7.40. The third kappa shape index (κ3) is 2.90. The molecule has 0 spiro atoms. The van der Waals surface area contributed by atoms with Crippen LogP contribution in [-0.2, 0) is 11.2 Å². The lowest BCUT2D eigenvalue weighted by molar-refractivity contribution is 0.0510. The topological polar surface area (TPSA) is 52.3 Å². The van der Waals surface area contributed by atoms with E-state index < -0.39 is 0 Å². The van der Waals surface area contributed by atoms with Gasteiger partial charge in [-0.1, -0.05) is 12.1 Å². The van der Waals surface area contributed by atoms with E-state index in [1.54, 1.807) is 23.5 Å². The van der Waals surface area contributed by atoms with E-state index in [2.05, 4.69) is 5.38 Å². The molecule has 1 heterocycles. The van der Waals surface area contributed by atoms with E-state index >= 15 is 0 Å². The van der Waals surface area contributed by atoms with Gasteiger partial charge in [0.2, 0.25) is 0 Å². The van der Waals surface area contributed by atoms with E-state index in [0.717, 1.165) is 12.0 Å². The van der Waals surface area contributed by atoms with E-state index in [1.807, 2.05) is 24.4 Å². The molecule has 0 fully saturated rings. The first-order valence-corrected chi connectivity index (χ1v) is 6.66. The molecule has 2 rings (SSSR count). The number of aryl methyl sites for hydroxylation is 1. The summed E-state index contributed by atoms with van der Waals surface area (Å²) in [6.45, 7) is 2.25. The number of para-hydroxylation sites is 1. The molecule has 1 aromatic heterocycles. The smallest absolute Gasteiger partial charge is 0.340 e. The van der Waals surface area contributed by atoms with Crippen LogP contribution < -0.4 is 5.73 Å². The predicted molar refractivity (Wildman–Crippen MR) is 73.9 cm³/mol. The average Bonchev–Trinajstić information content (AvgIpc) is 2.85. The van der Waals surface area contributed by atoms with Crippen molar-refractivity contribution in [3.8, 4) is 0 Å². The average molecular weight is 261 g/mol. The summed E-state index contributed by atoms with van der Waals surface area (Å²) in [5, 5.41) is 4.06.